The van der Waals surface area contributed by atoms with Crippen LogP contribution in [-0.4, -0.2) is 21.3 Å². The Labute approximate surface area is 103 Å². The second kappa shape index (κ2) is 4.58. The van der Waals surface area contributed by atoms with Crippen LogP contribution in [-0.2, 0) is 9.09 Å². The van der Waals surface area contributed by atoms with Crippen molar-refractivity contribution in [3.8, 4) is 0 Å². The quantitative estimate of drug-likeness (QED) is 0.612. The third-order valence-electron chi connectivity index (χ3n) is 2.81. The van der Waals surface area contributed by atoms with E-state index in [2.05, 4.69) is 4.52 Å². The number of phosphoric acid groups is 1. The predicted octanol–water partition coefficient (Wildman–Crippen LogP) is 3.17. The minimum Gasteiger partial charge on any atom is -0.303 e. The molecule has 16 heavy (non-hydrogen) atoms. The molecule has 6 heteroatoms. The minimum absolute atomic E-state index is 0.189. The molecular formula is C10H22ClO4P. The molecule has 98 valence electrons. The van der Waals surface area contributed by atoms with Gasteiger partial charge in [0.15, 0.2) is 0 Å². The van der Waals surface area contributed by atoms with E-state index in [9.17, 15) is 4.57 Å². The first-order valence-corrected chi connectivity index (χ1v) is 7.00. The molecule has 0 radical (unpaired) electrons. The van der Waals surface area contributed by atoms with E-state index in [-0.39, 0.29) is 17.4 Å². The number of hydrogen-bond donors (Lipinski definition) is 2. The topological polar surface area (TPSA) is 66.8 Å². The number of rotatable bonds is 3. The van der Waals surface area contributed by atoms with Crippen molar-refractivity contribution in [1.29, 1.82) is 0 Å². The first-order valence-electron chi connectivity index (χ1n) is 5.10. The van der Waals surface area contributed by atoms with E-state index in [4.69, 9.17) is 21.4 Å². The van der Waals surface area contributed by atoms with E-state index in [0.29, 0.717) is 0 Å². The molecular weight excluding hydrogens is 251 g/mol. The highest BCUT2D eigenvalue weighted by Gasteiger charge is 2.50. The summed E-state index contributed by atoms with van der Waals surface area (Å²) in [6, 6.07) is 0. The van der Waals surface area contributed by atoms with Gasteiger partial charge in [-0.3, -0.25) is 4.52 Å². The highest BCUT2D eigenvalue weighted by molar-refractivity contribution is 7.46. The van der Waals surface area contributed by atoms with Crippen LogP contribution in [0.15, 0.2) is 0 Å². The lowest BCUT2D eigenvalue weighted by molar-refractivity contribution is 0.0623. The fourth-order valence-corrected chi connectivity index (χ4v) is 2.22. The molecule has 2 N–H and O–H groups in total. The predicted molar refractivity (Wildman–Crippen MR) is 65.5 cm³/mol. The van der Waals surface area contributed by atoms with Crippen LogP contribution in [0.4, 0.5) is 0 Å². The van der Waals surface area contributed by atoms with Gasteiger partial charge in [-0.25, -0.2) is 4.57 Å². The summed E-state index contributed by atoms with van der Waals surface area (Å²) < 4.78 is 15.3. The van der Waals surface area contributed by atoms with Crippen molar-refractivity contribution in [2.75, 3.05) is 6.61 Å². The van der Waals surface area contributed by atoms with Gasteiger partial charge in [0, 0.05) is 0 Å². The van der Waals surface area contributed by atoms with Crippen molar-refractivity contribution in [1.82, 2.24) is 0 Å². The molecule has 0 aliphatic heterocycles. The molecule has 0 aliphatic rings. The fourth-order valence-electron chi connectivity index (χ4n) is 1.73. The molecule has 0 aromatic rings. The molecule has 0 rings (SSSR count). The molecule has 0 atom stereocenters. The molecule has 0 aromatic heterocycles. The first-order chi connectivity index (χ1) is 6.71. The Bertz CT molecular complexity index is 270. The van der Waals surface area contributed by atoms with Crippen LogP contribution in [0.5, 0.6) is 0 Å². The molecule has 0 saturated carbocycles. The maximum absolute atomic E-state index is 10.7. The first kappa shape index (κ1) is 16.4. The molecule has 0 spiro atoms. The Morgan fingerprint density at radius 3 is 1.56 bits per heavy atom. The van der Waals surface area contributed by atoms with E-state index in [1.54, 1.807) is 0 Å². The van der Waals surface area contributed by atoms with E-state index in [0.717, 1.165) is 0 Å². The summed E-state index contributed by atoms with van der Waals surface area (Å²) in [5.41, 5.74) is -0.691. The van der Waals surface area contributed by atoms with Crippen molar-refractivity contribution >= 4 is 19.4 Å². The van der Waals surface area contributed by atoms with E-state index < -0.39 is 12.7 Å². The van der Waals surface area contributed by atoms with Gasteiger partial charge in [0.2, 0.25) is 0 Å². The van der Waals surface area contributed by atoms with Crippen molar-refractivity contribution in [2.24, 2.45) is 10.8 Å². The smallest absolute Gasteiger partial charge is 0.303 e. The van der Waals surface area contributed by atoms with Gasteiger partial charge in [0.1, 0.15) is 0 Å². The summed E-state index contributed by atoms with van der Waals surface area (Å²) in [5.74, 6) is 0. The molecule has 4 nitrogen and oxygen atoms in total. The molecule has 0 heterocycles. The second-order valence-corrected chi connectivity index (χ2v) is 7.95. The Kier molecular flexibility index (Phi) is 4.70. The SMILES string of the molecule is CC(C)(C)C(Cl)(COP(=O)(O)O)C(C)(C)C. The third kappa shape index (κ3) is 4.01. The van der Waals surface area contributed by atoms with Gasteiger partial charge < -0.3 is 9.79 Å². The van der Waals surface area contributed by atoms with Crippen LogP contribution < -0.4 is 0 Å². The molecule has 0 aliphatic carbocycles. The normalized spacial score (nSPS) is 15.3. The van der Waals surface area contributed by atoms with Crippen LogP contribution >= 0.6 is 19.4 Å². The Morgan fingerprint density at radius 2 is 1.38 bits per heavy atom. The van der Waals surface area contributed by atoms with Crippen molar-refractivity contribution in [3.05, 3.63) is 0 Å². The Hall–Kier alpha value is 0.400. The highest BCUT2D eigenvalue weighted by Crippen LogP contribution is 2.51. The summed E-state index contributed by atoms with van der Waals surface area (Å²) in [6.45, 7) is 11.4. The number of hydrogen-bond acceptors (Lipinski definition) is 2. The molecule has 0 aromatic carbocycles. The van der Waals surface area contributed by atoms with Gasteiger partial charge in [-0.05, 0) is 10.8 Å². The van der Waals surface area contributed by atoms with Crippen LogP contribution in [0.3, 0.4) is 0 Å². The molecule has 0 amide bonds. The lowest BCUT2D eigenvalue weighted by Crippen LogP contribution is -2.51. The fraction of sp³-hybridized carbons (Fsp3) is 1.00. The minimum atomic E-state index is -4.49. The zero-order chi connectivity index (χ0) is 13.4. The Balaban J connectivity index is 5.07. The van der Waals surface area contributed by atoms with Gasteiger partial charge in [0.25, 0.3) is 0 Å². The standard InChI is InChI=1S/C10H22ClO4P/c1-8(2,3)10(11,9(4,5)6)7-15-16(12,13)14/h7H2,1-6H3,(H2,12,13,14). The number of alkyl halides is 1. The van der Waals surface area contributed by atoms with Gasteiger partial charge >= 0.3 is 7.82 Å². The van der Waals surface area contributed by atoms with Gasteiger partial charge in [-0.2, -0.15) is 0 Å². The summed E-state index contributed by atoms with van der Waals surface area (Å²) in [6.07, 6.45) is 0. The van der Waals surface area contributed by atoms with Crippen molar-refractivity contribution in [3.63, 3.8) is 0 Å². The summed E-state index contributed by atoms with van der Waals surface area (Å²) in [4.78, 5) is 16.6. The Morgan fingerprint density at radius 1 is 1.06 bits per heavy atom. The van der Waals surface area contributed by atoms with Gasteiger partial charge in [0.05, 0.1) is 11.5 Å². The summed E-state index contributed by atoms with van der Waals surface area (Å²) in [7, 11) is -4.49. The highest BCUT2D eigenvalue weighted by atomic mass is 35.5. The molecule has 0 fully saturated rings. The van der Waals surface area contributed by atoms with Crippen LogP contribution in [0, 0.1) is 10.8 Å². The van der Waals surface area contributed by atoms with Gasteiger partial charge in [-0.15, -0.1) is 11.6 Å². The van der Waals surface area contributed by atoms with Crippen molar-refractivity contribution < 1.29 is 18.9 Å². The molecule has 0 unspecified atom stereocenters. The van der Waals surface area contributed by atoms with E-state index in [1.165, 1.54) is 0 Å². The zero-order valence-corrected chi connectivity index (χ0v) is 12.4. The van der Waals surface area contributed by atoms with E-state index in [1.807, 2.05) is 41.5 Å². The zero-order valence-electron chi connectivity index (χ0n) is 10.7. The lowest BCUT2D eigenvalue weighted by atomic mass is 9.66. The number of phosphoric ester groups is 1. The van der Waals surface area contributed by atoms with Gasteiger partial charge in [-0.1, -0.05) is 41.5 Å². The van der Waals surface area contributed by atoms with Crippen molar-refractivity contribution in [2.45, 2.75) is 46.4 Å². The molecule has 0 saturated heterocycles. The maximum atomic E-state index is 10.7. The molecule has 0 bridgehead atoms. The monoisotopic (exact) mass is 272 g/mol. The third-order valence-corrected chi connectivity index (χ3v) is 4.52. The maximum Gasteiger partial charge on any atom is 0.469 e. The lowest BCUT2D eigenvalue weighted by Gasteiger charge is -2.48. The van der Waals surface area contributed by atoms with Crippen LogP contribution in [0.25, 0.3) is 0 Å². The van der Waals surface area contributed by atoms with Crippen LogP contribution in [0.1, 0.15) is 41.5 Å². The summed E-state index contributed by atoms with van der Waals surface area (Å²) in [5, 5.41) is 0. The second-order valence-electron chi connectivity index (χ2n) is 6.07. The average Bonchev–Trinajstić information content (AvgIpc) is 1.93. The average molecular weight is 273 g/mol. The van der Waals surface area contributed by atoms with Crippen LogP contribution in [0.2, 0.25) is 0 Å². The van der Waals surface area contributed by atoms with E-state index >= 15 is 0 Å². The largest absolute Gasteiger partial charge is 0.469 e. The summed E-state index contributed by atoms with van der Waals surface area (Å²) >= 11 is 6.53. The number of halogens is 1.